The first-order valence-electron chi connectivity index (χ1n) is 6.57. The van der Waals surface area contributed by atoms with Crippen LogP contribution in [0.1, 0.15) is 0 Å². The maximum absolute atomic E-state index is 12.8. The Hall–Kier alpha value is -1.25. The maximum atomic E-state index is 12.8. The highest BCUT2D eigenvalue weighted by atomic mass is 32.2. The molecule has 0 aliphatic carbocycles. The van der Waals surface area contributed by atoms with Crippen LogP contribution < -0.4 is 10.2 Å². The maximum Gasteiger partial charge on any atom is 0.341 e. The molecule has 0 amide bonds. The van der Waals surface area contributed by atoms with E-state index in [2.05, 4.69) is 5.32 Å². The molecule has 1 N–H and O–H groups in total. The molecule has 0 bridgehead atoms. The van der Waals surface area contributed by atoms with Gasteiger partial charge in [0.25, 0.3) is 0 Å². The van der Waals surface area contributed by atoms with Crippen molar-refractivity contribution >= 4 is 15.5 Å². The average molecular weight is 320 g/mol. The summed E-state index contributed by atoms with van der Waals surface area (Å²) in [5.41, 5.74) is 0.256. The van der Waals surface area contributed by atoms with Gasteiger partial charge in [0.2, 0.25) is 9.84 Å². The SMILES string of the molecule is CN(CC1CNCCO1)c1ccccc1S(=O)(=O)C(F)F. The third-order valence-corrected chi connectivity index (χ3v) is 4.73. The van der Waals surface area contributed by atoms with E-state index >= 15 is 0 Å². The highest BCUT2D eigenvalue weighted by Crippen LogP contribution is 2.28. The predicted molar refractivity (Wildman–Crippen MR) is 75.5 cm³/mol. The molecule has 0 spiro atoms. The van der Waals surface area contributed by atoms with Crippen molar-refractivity contribution < 1.29 is 21.9 Å². The molecular formula is C13H18F2N2O3S. The Balaban J connectivity index is 2.23. The standard InChI is InChI=1S/C13H18F2N2O3S/c1-17(9-10-8-16-6-7-20-10)11-4-2-3-5-12(11)21(18,19)13(14)15/h2-5,10,13,16H,6-9H2,1H3. The number of benzene rings is 1. The van der Waals surface area contributed by atoms with E-state index in [9.17, 15) is 17.2 Å². The number of para-hydroxylation sites is 1. The molecule has 1 aliphatic rings. The van der Waals surface area contributed by atoms with Gasteiger partial charge in [0, 0.05) is 26.7 Å². The van der Waals surface area contributed by atoms with Crippen molar-refractivity contribution in [1.29, 1.82) is 0 Å². The highest BCUT2D eigenvalue weighted by molar-refractivity contribution is 7.91. The zero-order valence-corrected chi connectivity index (χ0v) is 12.4. The molecule has 1 aromatic rings. The number of rotatable bonds is 5. The smallest absolute Gasteiger partial charge is 0.341 e. The van der Waals surface area contributed by atoms with E-state index in [1.807, 2.05) is 0 Å². The van der Waals surface area contributed by atoms with Crippen molar-refractivity contribution in [3.63, 3.8) is 0 Å². The van der Waals surface area contributed by atoms with Crippen LogP contribution >= 0.6 is 0 Å². The number of nitrogens with zero attached hydrogens (tertiary/aromatic N) is 1. The number of ether oxygens (including phenoxy) is 1. The van der Waals surface area contributed by atoms with Gasteiger partial charge >= 0.3 is 5.76 Å². The third kappa shape index (κ3) is 3.69. The number of likely N-dealkylation sites (N-methyl/N-ethyl adjacent to an activating group) is 1. The highest BCUT2D eigenvalue weighted by Gasteiger charge is 2.30. The summed E-state index contributed by atoms with van der Waals surface area (Å²) in [6, 6.07) is 5.78. The number of nitrogens with one attached hydrogen (secondary N) is 1. The van der Waals surface area contributed by atoms with Gasteiger partial charge in [-0.15, -0.1) is 0 Å². The van der Waals surface area contributed by atoms with Gasteiger partial charge in [-0.05, 0) is 12.1 Å². The van der Waals surface area contributed by atoms with E-state index in [0.717, 1.165) is 6.54 Å². The average Bonchev–Trinajstić information content (AvgIpc) is 2.48. The van der Waals surface area contributed by atoms with Gasteiger partial charge < -0.3 is 15.0 Å². The van der Waals surface area contributed by atoms with Crippen LogP contribution in [0.25, 0.3) is 0 Å². The Kier molecular flexibility index (Phi) is 5.13. The summed E-state index contributed by atoms with van der Waals surface area (Å²) in [4.78, 5) is 1.28. The first kappa shape index (κ1) is 16.1. The Morgan fingerprint density at radius 3 is 2.76 bits per heavy atom. The molecule has 0 aromatic heterocycles. The normalized spacial score (nSPS) is 19.7. The van der Waals surface area contributed by atoms with Gasteiger partial charge in [0.15, 0.2) is 0 Å². The number of hydrogen-bond acceptors (Lipinski definition) is 5. The second-order valence-electron chi connectivity index (χ2n) is 4.85. The van der Waals surface area contributed by atoms with Crippen LogP contribution in [0.2, 0.25) is 0 Å². The number of alkyl halides is 2. The van der Waals surface area contributed by atoms with Gasteiger partial charge in [-0.3, -0.25) is 0 Å². The van der Waals surface area contributed by atoms with E-state index in [1.54, 1.807) is 18.0 Å². The first-order chi connectivity index (χ1) is 9.93. The van der Waals surface area contributed by atoms with Crippen LogP contribution in [0.5, 0.6) is 0 Å². The van der Waals surface area contributed by atoms with Crippen molar-refractivity contribution in [3.05, 3.63) is 24.3 Å². The summed E-state index contributed by atoms with van der Waals surface area (Å²) in [7, 11) is -2.96. The van der Waals surface area contributed by atoms with E-state index in [4.69, 9.17) is 4.74 Å². The molecule has 0 radical (unpaired) electrons. The molecule has 0 saturated carbocycles. The molecule has 1 fully saturated rings. The van der Waals surface area contributed by atoms with Crippen molar-refractivity contribution in [2.75, 3.05) is 38.2 Å². The fraction of sp³-hybridized carbons (Fsp3) is 0.538. The summed E-state index contributed by atoms with van der Waals surface area (Å²) in [6.07, 6.45) is -0.105. The van der Waals surface area contributed by atoms with Crippen molar-refractivity contribution in [3.8, 4) is 0 Å². The summed E-state index contributed by atoms with van der Waals surface area (Å²) >= 11 is 0. The van der Waals surface area contributed by atoms with Crippen LogP contribution in [-0.2, 0) is 14.6 Å². The molecule has 2 rings (SSSR count). The molecule has 21 heavy (non-hydrogen) atoms. The number of hydrogen-bond donors (Lipinski definition) is 1. The zero-order chi connectivity index (χ0) is 15.5. The van der Waals surface area contributed by atoms with Crippen LogP contribution in [0.4, 0.5) is 14.5 Å². The van der Waals surface area contributed by atoms with Crippen LogP contribution in [0.15, 0.2) is 29.2 Å². The number of morpholine rings is 1. The van der Waals surface area contributed by atoms with Crippen molar-refractivity contribution in [1.82, 2.24) is 5.32 Å². The van der Waals surface area contributed by atoms with Crippen LogP contribution in [-0.4, -0.2) is 53.6 Å². The Morgan fingerprint density at radius 1 is 1.43 bits per heavy atom. The van der Waals surface area contributed by atoms with Crippen LogP contribution in [0.3, 0.4) is 0 Å². The van der Waals surface area contributed by atoms with E-state index < -0.39 is 15.6 Å². The van der Waals surface area contributed by atoms with Crippen LogP contribution in [0, 0.1) is 0 Å². The van der Waals surface area contributed by atoms with Gasteiger partial charge in [0.05, 0.1) is 23.3 Å². The summed E-state index contributed by atoms with van der Waals surface area (Å²) in [5.74, 6) is -3.43. The summed E-state index contributed by atoms with van der Waals surface area (Å²) in [5, 5.41) is 3.16. The molecule has 118 valence electrons. The third-order valence-electron chi connectivity index (χ3n) is 3.30. The Bertz CT molecular complexity index is 575. The lowest BCUT2D eigenvalue weighted by molar-refractivity contribution is 0.0339. The van der Waals surface area contributed by atoms with E-state index in [0.29, 0.717) is 19.7 Å². The quantitative estimate of drug-likeness (QED) is 0.881. The fourth-order valence-electron chi connectivity index (χ4n) is 2.25. The second kappa shape index (κ2) is 6.67. The lowest BCUT2D eigenvalue weighted by atomic mass is 10.2. The molecule has 1 unspecified atom stereocenters. The van der Waals surface area contributed by atoms with Gasteiger partial charge in [0.1, 0.15) is 0 Å². The fourth-order valence-corrected chi connectivity index (χ4v) is 3.23. The minimum Gasteiger partial charge on any atom is -0.374 e. The predicted octanol–water partition coefficient (Wildman–Crippen LogP) is 1.11. The molecule has 1 aliphatic heterocycles. The van der Waals surface area contributed by atoms with E-state index in [-0.39, 0.29) is 16.7 Å². The van der Waals surface area contributed by atoms with Gasteiger partial charge in [-0.25, -0.2) is 8.42 Å². The van der Waals surface area contributed by atoms with Gasteiger partial charge in [-0.2, -0.15) is 8.78 Å². The molecular weight excluding hydrogens is 302 g/mol. The summed E-state index contributed by atoms with van der Waals surface area (Å²) < 4.78 is 54.5. The van der Waals surface area contributed by atoms with Crippen molar-refractivity contribution in [2.45, 2.75) is 16.8 Å². The largest absolute Gasteiger partial charge is 0.374 e. The molecule has 1 saturated heterocycles. The lowest BCUT2D eigenvalue weighted by Gasteiger charge is -2.30. The topological polar surface area (TPSA) is 58.6 Å². The number of halogens is 2. The summed E-state index contributed by atoms with van der Waals surface area (Å²) in [6.45, 7) is 2.42. The Labute approximate surface area is 122 Å². The lowest BCUT2D eigenvalue weighted by Crippen LogP contribution is -2.44. The van der Waals surface area contributed by atoms with Gasteiger partial charge in [-0.1, -0.05) is 12.1 Å². The molecule has 1 heterocycles. The number of anilines is 1. The zero-order valence-electron chi connectivity index (χ0n) is 11.6. The Morgan fingerprint density at radius 2 is 2.14 bits per heavy atom. The molecule has 8 heteroatoms. The molecule has 1 aromatic carbocycles. The van der Waals surface area contributed by atoms with E-state index in [1.165, 1.54) is 18.2 Å². The molecule has 1 atom stereocenters. The second-order valence-corrected chi connectivity index (χ2v) is 6.74. The minimum atomic E-state index is -4.62. The monoisotopic (exact) mass is 320 g/mol. The first-order valence-corrected chi connectivity index (χ1v) is 8.12. The minimum absolute atomic E-state index is 0.105. The molecule has 5 nitrogen and oxygen atoms in total. The number of sulfone groups is 1. The van der Waals surface area contributed by atoms with Crippen molar-refractivity contribution in [2.24, 2.45) is 0 Å².